The van der Waals surface area contributed by atoms with E-state index in [1.165, 1.54) is 12.1 Å². The molecule has 2 aliphatic heterocycles. The lowest BCUT2D eigenvalue weighted by Crippen LogP contribution is -2.52. The zero-order valence-electron chi connectivity index (χ0n) is 14.2. The van der Waals surface area contributed by atoms with Crippen LogP contribution in [0.4, 0.5) is 4.39 Å². The first-order valence-corrected chi connectivity index (χ1v) is 8.65. The molecule has 0 radical (unpaired) electrons. The highest BCUT2D eigenvalue weighted by atomic mass is 35.5. The van der Waals surface area contributed by atoms with Gasteiger partial charge >= 0.3 is 0 Å². The number of piperidine rings is 1. The molecule has 7 heteroatoms. The molecule has 25 heavy (non-hydrogen) atoms. The van der Waals surface area contributed by atoms with Gasteiger partial charge in [0.05, 0.1) is 12.3 Å². The highest BCUT2D eigenvalue weighted by Gasteiger charge is 2.31. The molecule has 5 nitrogen and oxygen atoms in total. The summed E-state index contributed by atoms with van der Waals surface area (Å²) in [7, 11) is 0. The Hall–Kier alpha value is -1.66. The lowest BCUT2D eigenvalue weighted by atomic mass is 9.95. The Balaban J connectivity index is 0.00000225. The number of carbonyl (C=O) groups excluding carboxylic acids is 2. The summed E-state index contributed by atoms with van der Waals surface area (Å²) in [6, 6.07) is 6.02. The summed E-state index contributed by atoms with van der Waals surface area (Å²) in [6.07, 6.45) is 1.97. The van der Waals surface area contributed by atoms with Crippen molar-refractivity contribution in [2.24, 2.45) is 5.92 Å². The first-order valence-electron chi connectivity index (χ1n) is 8.65. The lowest BCUT2D eigenvalue weighted by Gasteiger charge is -2.36. The minimum Gasteiger partial charge on any atom is -0.342 e. The number of piperazine rings is 1. The molecule has 2 heterocycles. The summed E-state index contributed by atoms with van der Waals surface area (Å²) in [5, 5.41) is 3.25. The predicted octanol–water partition coefficient (Wildman–Crippen LogP) is 1.46. The number of likely N-dealkylation sites (tertiary alicyclic amines) is 1. The third-order valence-electron chi connectivity index (χ3n) is 4.82. The van der Waals surface area contributed by atoms with Crippen molar-refractivity contribution in [1.29, 1.82) is 0 Å². The van der Waals surface area contributed by atoms with Crippen LogP contribution in [0.5, 0.6) is 0 Å². The van der Waals surface area contributed by atoms with Gasteiger partial charge in [-0.2, -0.15) is 0 Å². The minimum absolute atomic E-state index is 0. The molecule has 1 aromatic carbocycles. The molecule has 0 spiro atoms. The molecule has 2 fully saturated rings. The van der Waals surface area contributed by atoms with Crippen molar-refractivity contribution in [1.82, 2.24) is 15.1 Å². The van der Waals surface area contributed by atoms with E-state index in [2.05, 4.69) is 5.32 Å². The molecule has 0 saturated carbocycles. The molecule has 0 aromatic heterocycles. The fourth-order valence-electron chi connectivity index (χ4n) is 3.44. The fourth-order valence-corrected chi connectivity index (χ4v) is 3.44. The quantitative estimate of drug-likeness (QED) is 0.877. The molecule has 1 N–H and O–H groups in total. The zero-order valence-corrected chi connectivity index (χ0v) is 15.1. The topological polar surface area (TPSA) is 52.7 Å². The standard InChI is InChI=1S/C18H24FN3O2.ClH/c19-16-5-3-14(4-6-16)12-17(23)22-9-1-2-15(13-22)18(24)21-10-7-20-8-11-21;/h3-6,15,20H,1-2,7-13H2;1H. The summed E-state index contributed by atoms with van der Waals surface area (Å²) in [6.45, 7) is 4.38. The first kappa shape index (κ1) is 19.7. The van der Waals surface area contributed by atoms with Gasteiger partial charge in [0.2, 0.25) is 11.8 Å². The SMILES string of the molecule is Cl.O=C(Cc1ccc(F)cc1)N1CCCC(C(=O)N2CCNCC2)C1. The van der Waals surface area contributed by atoms with Crippen LogP contribution in [0, 0.1) is 11.7 Å². The summed E-state index contributed by atoms with van der Waals surface area (Å²) >= 11 is 0. The number of halogens is 2. The van der Waals surface area contributed by atoms with Gasteiger partial charge in [-0.05, 0) is 30.5 Å². The van der Waals surface area contributed by atoms with E-state index in [1.807, 2.05) is 4.90 Å². The van der Waals surface area contributed by atoms with Gasteiger partial charge in [0, 0.05) is 39.3 Å². The van der Waals surface area contributed by atoms with Gasteiger partial charge in [0.1, 0.15) is 5.82 Å². The molecule has 138 valence electrons. The van der Waals surface area contributed by atoms with E-state index in [0.717, 1.165) is 44.6 Å². The van der Waals surface area contributed by atoms with Crippen LogP contribution in [0.25, 0.3) is 0 Å². The first-order chi connectivity index (χ1) is 11.6. The predicted molar refractivity (Wildman–Crippen MR) is 96.1 cm³/mol. The Kier molecular flexibility index (Phi) is 7.20. The summed E-state index contributed by atoms with van der Waals surface area (Å²) in [4.78, 5) is 28.8. The van der Waals surface area contributed by atoms with Gasteiger partial charge in [0.15, 0.2) is 0 Å². The van der Waals surface area contributed by atoms with Crippen LogP contribution < -0.4 is 5.32 Å². The average molecular weight is 370 g/mol. The molecule has 0 aliphatic carbocycles. The van der Waals surface area contributed by atoms with E-state index < -0.39 is 0 Å². The number of rotatable bonds is 3. The Morgan fingerprint density at radius 3 is 2.44 bits per heavy atom. The maximum Gasteiger partial charge on any atom is 0.227 e. The molecule has 0 bridgehead atoms. The second-order valence-electron chi connectivity index (χ2n) is 6.56. The van der Waals surface area contributed by atoms with Crippen molar-refractivity contribution in [2.45, 2.75) is 19.3 Å². The van der Waals surface area contributed by atoms with Crippen LogP contribution in [-0.2, 0) is 16.0 Å². The van der Waals surface area contributed by atoms with Crippen molar-refractivity contribution in [3.8, 4) is 0 Å². The van der Waals surface area contributed by atoms with Gasteiger partial charge in [-0.1, -0.05) is 12.1 Å². The number of benzene rings is 1. The van der Waals surface area contributed by atoms with E-state index in [1.54, 1.807) is 17.0 Å². The molecule has 2 saturated heterocycles. The molecule has 2 amide bonds. The van der Waals surface area contributed by atoms with Crippen molar-refractivity contribution >= 4 is 24.2 Å². The molecule has 1 unspecified atom stereocenters. The Bertz CT molecular complexity index is 590. The monoisotopic (exact) mass is 369 g/mol. The fraction of sp³-hybridized carbons (Fsp3) is 0.556. The number of nitrogens with zero attached hydrogens (tertiary/aromatic N) is 2. The molecule has 3 rings (SSSR count). The van der Waals surface area contributed by atoms with Crippen LogP contribution in [0.2, 0.25) is 0 Å². The van der Waals surface area contributed by atoms with Gasteiger partial charge in [-0.15, -0.1) is 12.4 Å². The number of hydrogen-bond acceptors (Lipinski definition) is 3. The van der Waals surface area contributed by atoms with Crippen molar-refractivity contribution < 1.29 is 14.0 Å². The molecular formula is C18H25ClFN3O2. The van der Waals surface area contributed by atoms with E-state index in [9.17, 15) is 14.0 Å². The van der Waals surface area contributed by atoms with Gasteiger partial charge < -0.3 is 15.1 Å². The maximum absolute atomic E-state index is 13.0. The Morgan fingerprint density at radius 1 is 1.08 bits per heavy atom. The third-order valence-corrected chi connectivity index (χ3v) is 4.82. The van der Waals surface area contributed by atoms with Crippen LogP contribution in [0.3, 0.4) is 0 Å². The van der Waals surface area contributed by atoms with Crippen molar-refractivity contribution in [3.05, 3.63) is 35.6 Å². The van der Waals surface area contributed by atoms with Crippen molar-refractivity contribution in [3.63, 3.8) is 0 Å². The van der Waals surface area contributed by atoms with Crippen LogP contribution in [0.1, 0.15) is 18.4 Å². The van der Waals surface area contributed by atoms with Crippen LogP contribution in [-0.4, -0.2) is 60.9 Å². The number of nitrogens with one attached hydrogen (secondary N) is 1. The summed E-state index contributed by atoms with van der Waals surface area (Å²) < 4.78 is 13.0. The second-order valence-corrected chi connectivity index (χ2v) is 6.56. The normalized spacial score (nSPS) is 20.8. The minimum atomic E-state index is -0.300. The largest absolute Gasteiger partial charge is 0.342 e. The highest BCUT2D eigenvalue weighted by Crippen LogP contribution is 2.20. The smallest absolute Gasteiger partial charge is 0.227 e. The summed E-state index contributed by atoms with van der Waals surface area (Å²) in [5.74, 6) is -0.199. The van der Waals surface area contributed by atoms with E-state index in [4.69, 9.17) is 0 Å². The molecule has 1 aromatic rings. The molecular weight excluding hydrogens is 345 g/mol. The van der Waals surface area contributed by atoms with Crippen LogP contribution >= 0.6 is 12.4 Å². The molecule has 2 aliphatic rings. The van der Waals surface area contributed by atoms with Gasteiger partial charge in [-0.3, -0.25) is 9.59 Å². The van der Waals surface area contributed by atoms with Crippen molar-refractivity contribution in [2.75, 3.05) is 39.3 Å². The van der Waals surface area contributed by atoms with E-state index >= 15 is 0 Å². The lowest BCUT2D eigenvalue weighted by molar-refractivity contribution is -0.141. The summed E-state index contributed by atoms with van der Waals surface area (Å²) in [5.41, 5.74) is 0.803. The second kappa shape index (κ2) is 9.15. The molecule has 1 atom stereocenters. The number of carbonyl (C=O) groups is 2. The van der Waals surface area contributed by atoms with Gasteiger partial charge in [-0.25, -0.2) is 4.39 Å². The highest BCUT2D eigenvalue weighted by molar-refractivity contribution is 5.85. The third kappa shape index (κ3) is 5.16. The van der Waals surface area contributed by atoms with E-state index in [-0.39, 0.29) is 42.4 Å². The average Bonchev–Trinajstić information content (AvgIpc) is 2.64. The van der Waals surface area contributed by atoms with E-state index in [0.29, 0.717) is 13.1 Å². The number of amides is 2. The Morgan fingerprint density at radius 2 is 1.76 bits per heavy atom. The van der Waals surface area contributed by atoms with Crippen LogP contribution in [0.15, 0.2) is 24.3 Å². The zero-order chi connectivity index (χ0) is 16.9. The maximum atomic E-state index is 13.0. The Labute approximate surface area is 154 Å². The number of hydrogen-bond donors (Lipinski definition) is 1. The van der Waals surface area contributed by atoms with Gasteiger partial charge in [0.25, 0.3) is 0 Å².